The number of carbonyl (C=O) groups excluding carboxylic acids is 1. The number of unbranched alkanes of at least 4 members (excludes halogenated alkanes) is 1. The Bertz CT molecular complexity index is 1270. The molecule has 3 heterocycles. The summed E-state index contributed by atoms with van der Waals surface area (Å²) in [4.78, 5) is 31.3. The van der Waals surface area contributed by atoms with E-state index >= 15 is 0 Å². The van der Waals surface area contributed by atoms with Crippen LogP contribution < -0.4 is 10.5 Å². The first kappa shape index (κ1) is 25.2. The van der Waals surface area contributed by atoms with Crippen LogP contribution in [0.4, 0.5) is 5.82 Å². The monoisotopic (exact) mass is 506 g/mol. The molecule has 2 aliphatic rings. The van der Waals surface area contributed by atoms with Crippen LogP contribution in [0, 0.1) is 18.3 Å². The number of pyridine rings is 1. The average molecular weight is 507 g/mol. The number of carbonyl (C=O) groups is 1. The molecule has 0 saturated carbocycles. The molecule has 1 atom stereocenters. The van der Waals surface area contributed by atoms with E-state index in [9.17, 15) is 14.9 Å². The molecule has 0 bridgehead atoms. The first-order valence-electron chi connectivity index (χ1n) is 12.1. The molecule has 2 saturated heterocycles. The lowest BCUT2D eigenvalue weighted by Gasteiger charge is -2.27. The van der Waals surface area contributed by atoms with Crippen LogP contribution in [0.3, 0.4) is 0 Å². The highest BCUT2D eigenvalue weighted by Gasteiger charge is 2.36. The minimum Gasteiger partial charge on any atom is -0.357 e. The quantitative estimate of drug-likeness (QED) is 0.370. The third-order valence-corrected chi connectivity index (χ3v) is 8.09. The molecule has 2 fully saturated rings. The van der Waals surface area contributed by atoms with Gasteiger partial charge in [0.1, 0.15) is 21.8 Å². The van der Waals surface area contributed by atoms with E-state index in [1.165, 1.54) is 11.8 Å². The van der Waals surface area contributed by atoms with Gasteiger partial charge in [-0.05, 0) is 50.3 Å². The predicted molar refractivity (Wildman–Crippen MR) is 146 cm³/mol. The van der Waals surface area contributed by atoms with Gasteiger partial charge in [0.15, 0.2) is 0 Å². The molecule has 2 aliphatic heterocycles. The molecule has 6 nitrogen and oxygen atoms in total. The Hall–Kier alpha value is -2.89. The van der Waals surface area contributed by atoms with E-state index in [1.54, 1.807) is 9.47 Å². The molecule has 0 N–H and O–H groups in total. The summed E-state index contributed by atoms with van der Waals surface area (Å²) in [6, 6.07) is 11.8. The second kappa shape index (κ2) is 10.8. The van der Waals surface area contributed by atoms with Gasteiger partial charge in [0.05, 0.1) is 10.9 Å². The SMILES string of the molecule is CCCCn1c(N2CCCC2)c(/C=C2\SC(=S)N(C(C)c3ccccc3)C2=O)c(C)c(C#N)c1=O. The van der Waals surface area contributed by atoms with Crippen molar-refractivity contribution in [2.75, 3.05) is 18.0 Å². The van der Waals surface area contributed by atoms with Gasteiger partial charge in [-0.15, -0.1) is 0 Å². The number of aromatic nitrogens is 1. The summed E-state index contributed by atoms with van der Waals surface area (Å²) in [6.07, 6.45) is 5.73. The van der Waals surface area contributed by atoms with Gasteiger partial charge < -0.3 is 4.90 Å². The largest absolute Gasteiger partial charge is 0.357 e. The van der Waals surface area contributed by atoms with E-state index in [2.05, 4.69) is 17.9 Å². The second-order valence-electron chi connectivity index (χ2n) is 8.99. The molecule has 0 aliphatic carbocycles. The fraction of sp³-hybridized carbons (Fsp3) is 0.407. The topological polar surface area (TPSA) is 69.3 Å². The fourth-order valence-corrected chi connectivity index (χ4v) is 6.16. The van der Waals surface area contributed by atoms with Gasteiger partial charge >= 0.3 is 0 Å². The first-order chi connectivity index (χ1) is 16.9. The molecular weight excluding hydrogens is 476 g/mol. The van der Waals surface area contributed by atoms with Crippen LogP contribution in [0.15, 0.2) is 40.0 Å². The maximum Gasteiger partial charge on any atom is 0.270 e. The summed E-state index contributed by atoms with van der Waals surface area (Å²) in [6.45, 7) is 8.11. The lowest BCUT2D eigenvalue weighted by molar-refractivity contribution is -0.123. The maximum atomic E-state index is 13.6. The zero-order chi connectivity index (χ0) is 25.1. The summed E-state index contributed by atoms with van der Waals surface area (Å²) in [5, 5.41) is 9.83. The van der Waals surface area contributed by atoms with Gasteiger partial charge in [-0.25, -0.2) is 0 Å². The van der Waals surface area contributed by atoms with Crippen LogP contribution >= 0.6 is 24.0 Å². The molecule has 4 rings (SSSR count). The van der Waals surface area contributed by atoms with Crippen molar-refractivity contribution >= 4 is 46.1 Å². The van der Waals surface area contributed by atoms with Gasteiger partial charge in [0.2, 0.25) is 0 Å². The number of amides is 1. The highest BCUT2D eigenvalue weighted by atomic mass is 32.2. The number of hydrogen-bond donors (Lipinski definition) is 0. The summed E-state index contributed by atoms with van der Waals surface area (Å²) in [5.41, 5.74) is 2.30. The average Bonchev–Trinajstić information content (AvgIpc) is 3.48. The number of benzene rings is 1. The molecule has 2 aromatic rings. The molecule has 1 amide bonds. The minimum atomic E-state index is -0.247. The molecule has 1 aromatic heterocycles. The summed E-state index contributed by atoms with van der Waals surface area (Å²) >= 11 is 6.90. The Labute approximate surface area is 216 Å². The number of anilines is 1. The molecule has 1 aromatic carbocycles. The van der Waals surface area contributed by atoms with E-state index in [0.29, 0.717) is 21.3 Å². The maximum absolute atomic E-state index is 13.6. The van der Waals surface area contributed by atoms with Crippen molar-refractivity contribution in [2.45, 2.75) is 59.0 Å². The molecule has 182 valence electrons. The van der Waals surface area contributed by atoms with Crippen molar-refractivity contribution in [3.8, 4) is 6.07 Å². The van der Waals surface area contributed by atoms with E-state index in [4.69, 9.17) is 12.2 Å². The van der Waals surface area contributed by atoms with Crippen LogP contribution in [-0.2, 0) is 11.3 Å². The number of thioether (sulfide) groups is 1. The zero-order valence-corrected chi connectivity index (χ0v) is 22.0. The Morgan fingerprint density at radius 3 is 2.51 bits per heavy atom. The van der Waals surface area contributed by atoms with Gasteiger partial charge in [-0.1, -0.05) is 67.7 Å². The standard InChI is InChI=1S/C27H30N4O2S2/c1-4-5-15-30-24(29-13-9-10-14-29)21(18(2)22(17-28)25(30)32)16-23-26(33)31(27(34)35-23)19(3)20-11-7-6-8-12-20/h6-8,11-12,16,19H,4-5,9-10,13-15H2,1-3H3/b23-16-. The van der Waals surface area contributed by atoms with Crippen molar-refractivity contribution < 1.29 is 4.79 Å². The van der Waals surface area contributed by atoms with Crippen LogP contribution in [0.5, 0.6) is 0 Å². The fourth-order valence-electron chi connectivity index (χ4n) is 4.76. The van der Waals surface area contributed by atoms with Crippen molar-refractivity contribution in [3.05, 3.63) is 67.8 Å². The van der Waals surface area contributed by atoms with Gasteiger partial charge in [-0.2, -0.15) is 5.26 Å². The van der Waals surface area contributed by atoms with Crippen molar-refractivity contribution in [1.29, 1.82) is 5.26 Å². The van der Waals surface area contributed by atoms with Gasteiger partial charge in [0, 0.05) is 25.2 Å². The third kappa shape index (κ3) is 4.80. The van der Waals surface area contributed by atoms with Crippen LogP contribution in [0.2, 0.25) is 0 Å². The highest BCUT2D eigenvalue weighted by molar-refractivity contribution is 8.26. The van der Waals surface area contributed by atoms with Crippen LogP contribution in [0.25, 0.3) is 6.08 Å². The van der Waals surface area contributed by atoms with E-state index in [0.717, 1.165) is 55.7 Å². The zero-order valence-electron chi connectivity index (χ0n) is 20.4. The molecule has 35 heavy (non-hydrogen) atoms. The van der Waals surface area contributed by atoms with Crippen molar-refractivity contribution in [3.63, 3.8) is 0 Å². The normalized spacial score (nSPS) is 17.9. The number of nitrogens with zero attached hydrogens (tertiary/aromatic N) is 4. The summed E-state index contributed by atoms with van der Waals surface area (Å²) in [7, 11) is 0. The van der Waals surface area contributed by atoms with E-state index < -0.39 is 0 Å². The molecule has 8 heteroatoms. The van der Waals surface area contributed by atoms with Crippen LogP contribution in [0.1, 0.15) is 67.8 Å². The van der Waals surface area contributed by atoms with Gasteiger partial charge in [-0.3, -0.25) is 19.1 Å². The Balaban J connectivity index is 1.84. The number of hydrogen-bond acceptors (Lipinski definition) is 6. The highest BCUT2D eigenvalue weighted by Crippen LogP contribution is 2.40. The first-order valence-corrected chi connectivity index (χ1v) is 13.4. The van der Waals surface area contributed by atoms with Crippen molar-refractivity contribution in [1.82, 2.24) is 9.47 Å². The molecule has 0 radical (unpaired) electrons. The lowest BCUT2D eigenvalue weighted by Crippen LogP contribution is -2.33. The van der Waals surface area contributed by atoms with E-state index in [-0.39, 0.29) is 23.1 Å². The Kier molecular flexibility index (Phi) is 7.78. The van der Waals surface area contributed by atoms with Gasteiger partial charge in [0.25, 0.3) is 11.5 Å². The predicted octanol–water partition coefficient (Wildman–Crippen LogP) is 5.39. The van der Waals surface area contributed by atoms with Crippen LogP contribution in [-0.4, -0.2) is 32.8 Å². The third-order valence-electron chi connectivity index (χ3n) is 6.76. The smallest absolute Gasteiger partial charge is 0.270 e. The molecular formula is C27H30N4O2S2. The number of rotatable bonds is 7. The summed E-state index contributed by atoms with van der Waals surface area (Å²) in [5.74, 6) is 0.673. The molecule has 1 unspecified atom stereocenters. The number of thiocarbonyl (C=S) groups is 1. The molecule has 0 spiro atoms. The number of nitriles is 1. The Morgan fingerprint density at radius 1 is 1.20 bits per heavy atom. The lowest BCUT2D eigenvalue weighted by atomic mass is 10.0. The summed E-state index contributed by atoms with van der Waals surface area (Å²) < 4.78 is 2.26. The minimum absolute atomic E-state index is 0.142. The Morgan fingerprint density at radius 2 is 1.89 bits per heavy atom. The van der Waals surface area contributed by atoms with E-state index in [1.807, 2.05) is 50.3 Å². The van der Waals surface area contributed by atoms with Crippen molar-refractivity contribution in [2.24, 2.45) is 0 Å². The second-order valence-corrected chi connectivity index (χ2v) is 10.7.